The molecule has 1 aromatic rings. The van der Waals surface area contributed by atoms with Crippen LogP contribution in [-0.4, -0.2) is 18.3 Å². The molecule has 0 spiro atoms. The van der Waals surface area contributed by atoms with Gasteiger partial charge >= 0.3 is 0 Å². The summed E-state index contributed by atoms with van der Waals surface area (Å²) in [4.78, 5) is 0. The minimum Gasteiger partial charge on any atom is -0.494 e. The van der Waals surface area contributed by atoms with Gasteiger partial charge in [0.25, 0.3) is 0 Å². The van der Waals surface area contributed by atoms with Gasteiger partial charge in [0.1, 0.15) is 5.75 Å². The number of aliphatic hydroxyl groups is 1. The summed E-state index contributed by atoms with van der Waals surface area (Å²) in [7, 11) is 0. The molecule has 16 heavy (non-hydrogen) atoms. The highest BCUT2D eigenvalue weighted by Gasteiger charge is 2.27. The Hall–Kier alpha value is -1.06. The van der Waals surface area contributed by atoms with Gasteiger partial charge in [0, 0.05) is 18.1 Å². The van der Waals surface area contributed by atoms with E-state index in [-0.39, 0.29) is 18.1 Å². The molecule has 0 radical (unpaired) electrons. The molecule has 1 rings (SSSR count). The van der Waals surface area contributed by atoms with Crippen LogP contribution in [0.15, 0.2) is 24.3 Å². The molecule has 0 saturated heterocycles. The van der Waals surface area contributed by atoms with Gasteiger partial charge in [0.15, 0.2) is 0 Å². The van der Waals surface area contributed by atoms with E-state index in [2.05, 4.69) is 0 Å². The van der Waals surface area contributed by atoms with Gasteiger partial charge in [-0.1, -0.05) is 26.0 Å². The molecule has 3 N–H and O–H groups in total. The fraction of sp³-hybridized carbons (Fsp3) is 0.538. The van der Waals surface area contributed by atoms with Gasteiger partial charge in [-0.2, -0.15) is 0 Å². The normalized spacial score (nSPS) is 13.6. The summed E-state index contributed by atoms with van der Waals surface area (Å²) in [6.07, 6.45) is 0. The first-order valence-corrected chi connectivity index (χ1v) is 5.60. The molecule has 3 heteroatoms. The zero-order chi connectivity index (χ0) is 12.2. The number of hydrogen-bond donors (Lipinski definition) is 2. The van der Waals surface area contributed by atoms with E-state index in [0.717, 1.165) is 11.3 Å². The number of rotatable bonds is 5. The second-order valence-electron chi connectivity index (χ2n) is 4.63. The third-order valence-corrected chi connectivity index (χ3v) is 2.78. The van der Waals surface area contributed by atoms with Crippen LogP contribution < -0.4 is 10.5 Å². The van der Waals surface area contributed by atoms with E-state index in [9.17, 15) is 5.11 Å². The highest BCUT2D eigenvalue weighted by atomic mass is 16.5. The Morgan fingerprint density at radius 3 is 2.69 bits per heavy atom. The summed E-state index contributed by atoms with van der Waals surface area (Å²) < 4.78 is 5.42. The van der Waals surface area contributed by atoms with Crippen molar-refractivity contribution >= 4 is 0 Å². The highest BCUT2D eigenvalue weighted by molar-refractivity contribution is 5.31. The first-order valence-electron chi connectivity index (χ1n) is 5.60. The minimum atomic E-state index is -0.329. The van der Waals surface area contributed by atoms with Crippen LogP contribution in [0.4, 0.5) is 0 Å². The van der Waals surface area contributed by atoms with Crippen molar-refractivity contribution in [2.24, 2.45) is 11.1 Å². The molecular formula is C13H21NO2. The predicted molar refractivity (Wildman–Crippen MR) is 65.4 cm³/mol. The van der Waals surface area contributed by atoms with Gasteiger partial charge in [-0.15, -0.1) is 0 Å². The zero-order valence-electron chi connectivity index (χ0n) is 10.2. The van der Waals surface area contributed by atoms with Gasteiger partial charge in [0.2, 0.25) is 0 Å². The monoisotopic (exact) mass is 223 g/mol. The average Bonchev–Trinajstić information content (AvgIpc) is 2.29. The number of hydrogen-bond acceptors (Lipinski definition) is 3. The van der Waals surface area contributed by atoms with Crippen LogP contribution in [0, 0.1) is 5.41 Å². The molecule has 0 aliphatic rings. The van der Waals surface area contributed by atoms with Crippen molar-refractivity contribution in [3.63, 3.8) is 0 Å². The minimum absolute atomic E-state index is 0.0625. The summed E-state index contributed by atoms with van der Waals surface area (Å²) in [5.74, 6) is 0.823. The number of aliphatic hydroxyl groups excluding tert-OH is 1. The Balaban J connectivity index is 2.91. The topological polar surface area (TPSA) is 55.5 Å². The number of nitrogens with two attached hydrogens (primary N) is 1. The van der Waals surface area contributed by atoms with E-state index in [4.69, 9.17) is 10.5 Å². The quantitative estimate of drug-likeness (QED) is 0.803. The van der Waals surface area contributed by atoms with E-state index in [0.29, 0.717) is 6.61 Å². The van der Waals surface area contributed by atoms with Gasteiger partial charge in [-0.3, -0.25) is 0 Å². The Morgan fingerprint density at radius 2 is 2.12 bits per heavy atom. The maximum atomic E-state index is 9.29. The van der Waals surface area contributed by atoms with E-state index < -0.39 is 0 Å². The molecule has 1 aromatic carbocycles. The van der Waals surface area contributed by atoms with Crippen molar-refractivity contribution in [1.82, 2.24) is 0 Å². The molecule has 0 aromatic heterocycles. The second-order valence-corrected chi connectivity index (χ2v) is 4.63. The fourth-order valence-corrected chi connectivity index (χ4v) is 1.51. The van der Waals surface area contributed by atoms with Crippen molar-refractivity contribution in [3.8, 4) is 5.75 Å². The molecule has 0 unspecified atom stereocenters. The number of ether oxygens (including phenoxy) is 1. The van der Waals surface area contributed by atoms with Crippen LogP contribution in [0.3, 0.4) is 0 Å². The van der Waals surface area contributed by atoms with Crippen molar-refractivity contribution < 1.29 is 9.84 Å². The molecular weight excluding hydrogens is 202 g/mol. The van der Waals surface area contributed by atoms with Crippen molar-refractivity contribution in [2.45, 2.75) is 26.8 Å². The van der Waals surface area contributed by atoms with Crippen LogP contribution in [0.5, 0.6) is 5.75 Å². The van der Waals surface area contributed by atoms with Gasteiger partial charge in [-0.05, 0) is 24.6 Å². The SMILES string of the molecule is CCOc1cccc([C@@H](N)C(C)(C)CO)c1. The molecule has 0 saturated carbocycles. The molecule has 0 heterocycles. The van der Waals surface area contributed by atoms with Crippen molar-refractivity contribution in [3.05, 3.63) is 29.8 Å². The second kappa shape index (κ2) is 5.32. The Kier molecular flexibility index (Phi) is 4.33. The fourth-order valence-electron chi connectivity index (χ4n) is 1.51. The Labute approximate surface area is 97.2 Å². The van der Waals surface area contributed by atoms with E-state index in [1.807, 2.05) is 45.0 Å². The molecule has 0 bridgehead atoms. The lowest BCUT2D eigenvalue weighted by molar-refractivity contribution is 0.132. The van der Waals surface area contributed by atoms with Crippen LogP contribution in [-0.2, 0) is 0 Å². The summed E-state index contributed by atoms with van der Waals surface area (Å²) in [6.45, 7) is 6.55. The largest absolute Gasteiger partial charge is 0.494 e. The lowest BCUT2D eigenvalue weighted by atomic mass is 9.82. The maximum Gasteiger partial charge on any atom is 0.119 e. The molecule has 90 valence electrons. The zero-order valence-corrected chi connectivity index (χ0v) is 10.2. The molecule has 0 aliphatic carbocycles. The van der Waals surface area contributed by atoms with Gasteiger partial charge < -0.3 is 15.6 Å². The lowest BCUT2D eigenvalue weighted by Crippen LogP contribution is -2.32. The Bertz CT molecular complexity index is 336. The maximum absolute atomic E-state index is 9.29. The molecule has 1 atom stereocenters. The predicted octanol–water partition coefficient (Wildman–Crippen LogP) is 2.10. The first-order chi connectivity index (χ1) is 7.51. The van der Waals surface area contributed by atoms with Crippen molar-refractivity contribution in [2.75, 3.05) is 13.2 Å². The van der Waals surface area contributed by atoms with E-state index in [1.54, 1.807) is 0 Å². The van der Waals surface area contributed by atoms with Crippen molar-refractivity contribution in [1.29, 1.82) is 0 Å². The molecule has 3 nitrogen and oxygen atoms in total. The van der Waals surface area contributed by atoms with Gasteiger partial charge in [0.05, 0.1) is 6.61 Å². The Morgan fingerprint density at radius 1 is 1.44 bits per heavy atom. The summed E-state index contributed by atoms with van der Waals surface area (Å²) in [5, 5.41) is 9.29. The van der Waals surface area contributed by atoms with Crippen LogP contribution in [0.25, 0.3) is 0 Å². The number of benzene rings is 1. The van der Waals surface area contributed by atoms with E-state index >= 15 is 0 Å². The standard InChI is InChI=1S/C13H21NO2/c1-4-16-11-7-5-6-10(8-11)12(14)13(2,3)9-15/h5-8,12,15H,4,9,14H2,1-3H3/t12-/m1/s1. The highest BCUT2D eigenvalue weighted by Crippen LogP contribution is 2.31. The molecule has 0 aliphatic heterocycles. The van der Waals surface area contributed by atoms with Crippen LogP contribution >= 0.6 is 0 Å². The van der Waals surface area contributed by atoms with Gasteiger partial charge in [-0.25, -0.2) is 0 Å². The summed E-state index contributed by atoms with van der Waals surface area (Å²) in [6, 6.07) is 7.54. The first kappa shape index (κ1) is 13.0. The smallest absolute Gasteiger partial charge is 0.119 e. The van der Waals surface area contributed by atoms with Crippen LogP contribution in [0.1, 0.15) is 32.4 Å². The van der Waals surface area contributed by atoms with Crippen LogP contribution in [0.2, 0.25) is 0 Å². The van der Waals surface area contributed by atoms with E-state index in [1.165, 1.54) is 0 Å². The molecule has 0 fully saturated rings. The lowest BCUT2D eigenvalue weighted by Gasteiger charge is -2.29. The summed E-state index contributed by atoms with van der Waals surface area (Å²) in [5.41, 5.74) is 6.79. The third kappa shape index (κ3) is 2.97. The third-order valence-electron chi connectivity index (χ3n) is 2.78. The average molecular weight is 223 g/mol. The molecule has 0 amide bonds. The summed E-state index contributed by atoms with van der Waals surface area (Å²) >= 11 is 0.